The topological polar surface area (TPSA) is 128 Å². The van der Waals surface area contributed by atoms with Gasteiger partial charge in [-0.2, -0.15) is 9.97 Å². The molecule has 0 aromatic carbocycles. The van der Waals surface area contributed by atoms with Crippen LogP contribution in [-0.4, -0.2) is 58.2 Å². The largest absolute Gasteiger partial charge is 0.488 e. The lowest BCUT2D eigenvalue weighted by atomic mass is 9.93. The highest BCUT2D eigenvalue weighted by Crippen LogP contribution is 2.26. The van der Waals surface area contributed by atoms with Crippen molar-refractivity contribution in [1.82, 2.24) is 25.3 Å². The molecule has 0 spiro atoms. The van der Waals surface area contributed by atoms with Gasteiger partial charge in [0.15, 0.2) is 11.6 Å². The van der Waals surface area contributed by atoms with Gasteiger partial charge >= 0.3 is 6.01 Å². The third kappa shape index (κ3) is 5.31. The summed E-state index contributed by atoms with van der Waals surface area (Å²) in [5, 5.41) is 3.04. The van der Waals surface area contributed by atoms with Gasteiger partial charge in [-0.25, -0.2) is 9.97 Å². The number of hydrogen-bond donors (Lipinski definition) is 2. The maximum absolute atomic E-state index is 12.6. The van der Waals surface area contributed by atoms with Gasteiger partial charge in [-0.1, -0.05) is 0 Å². The van der Waals surface area contributed by atoms with Crippen molar-refractivity contribution >= 4 is 17.5 Å². The van der Waals surface area contributed by atoms with E-state index in [1.165, 1.54) is 6.33 Å². The first kappa shape index (κ1) is 21.1. The molecule has 1 aliphatic carbocycles. The number of carbonyl (C=O) groups is 1. The second-order valence-electron chi connectivity index (χ2n) is 7.94. The number of carbonyl (C=O) groups excluding carboxylic acids is 1. The van der Waals surface area contributed by atoms with Crippen LogP contribution in [-0.2, 0) is 0 Å². The first-order chi connectivity index (χ1) is 15.1. The average molecular weight is 428 g/mol. The molecule has 0 bridgehead atoms. The van der Waals surface area contributed by atoms with Crippen LogP contribution in [0.1, 0.15) is 49.5 Å². The number of amides is 1. The van der Waals surface area contributed by atoms with Crippen molar-refractivity contribution in [2.45, 2.75) is 45.1 Å². The number of nitrogens with two attached hydrogens (primary N) is 1. The standard InChI is InChI=1S/C21H29N7O3/c1-2-30-21-26-16(20(29)25-15-4-3-5-15)10-18(27-21)28-8-6-14(7-9-28)12-31-17-11-23-13-24-19(17)22/h10-11,13-15H,2-9,12H2,1H3,(H,25,29)(H2,22,23,24). The fourth-order valence-corrected chi connectivity index (χ4v) is 3.67. The number of rotatable bonds is 8. The van der Waals surface area contributed by atoms with Crippen molar-refractivity contribution in [1.29, 1.82) is 0 Å². The molecule has 2 aromatic heterocycles. The molecule has 10 nitrogen and oxygen atoms in total. The predicted molar refractivity (Wildman–Crippen MR) is 115 cm³/mol. The normalized spacial score (nSPS) is 17.1. The van der Waals surface area contributed by atoms with Gasteiger partial charge < -0.3 is 25.4 Å². The Bertz CT molecular complexity index is 898. The van der Waals surface area contributed by atoms with Gasteiger partial charge in [-0.15, -0.1) is 0 Å². The monoisotopic (exact) mass is 427 g/mol. The zero-order chi connectivity index (χ0) is 21.6. The van der Waals surface area contributed by atoms with Crippen LogP contribution < -0.4 is 25.4 Å². The summed E-state index contributed by atoms with van der Waals surface area (Å²) in [7, 11) is 0. The van der Waals surface area contributed by atoms with Crippen molar-refractivity contribution in [3.05, 3.63) is 24.3 Å². The molecule has 166 valence electrons. The SMILES string of the molecule is CCOc1nc(C(=O)NC2CCC2)cc(N2CCC(COc3cncnc3N)CC2)n1. The van der Waals surface area contributed by atoms with Crippen molar-refractivity contribution in [2.75, 3.05) is 36.9 Å². The molecule has 3 heterocycles. The highest BCUT2D eigenvalue weighted by Gasteiger charge is 2.25. The second kappa shape index (κ2) is 9.76. The lowest BCUT2D eigenvalue weighted by molar-refractivity contribution is 0.0910. The fourth-order valence-electron chi connectivity index (χ4n) is 3.67. The molecule has 0 unspecified atom stereocenters. The molecule has 4 rings (SSSR count). The Kier molecular flexibility index (Phi) is 6.63. The number of nitrogens with zero attached hydrogens (tertiary/aromatic N) is 5. The molecule has 0 atom stereocenters. The van der Waals surface area contributed by atoms with Crippen LogP contribution in [0.25, 0.3) is 0 Å². The molecule has 1 amide bonds. The van der Waals surface area contributed by atoms with Crippen molar-refractivity contribution in [3.8, 4) is 11.8 Å². The number of hydrogen-bond acceptors (Lipinski definition) is 9. The molecule has 2 fully saturated rings. The maximum atomic E-state index is 12.6. The van der Waals surface area contributed by atoms with Crippen molar-refractivity contribution < 1.29 is 14.3 Å². The van der Waals surface area contributed by atoms with E-state index in [0.29, 0.717) is 36.4 Å². The Balaban J connectivity index is 1.37. The number of piperidine rings is 1. The summed E-state index contributed by atoms with van der Waals surface area (Å²) in [4.78, 5) is 31.5. The van der Waals surface area contributed by atoms with E-state index < -0.39 is 0 Å². The average Bonchev–Trinajstić information content (AvgIpc) is 2.76. The first-order valence-electron chi connectivity index (χ1n) is 10.9. The summed E-state index contributed by atoms with van der Waals surface area (Å²) in [6.45, 7) is 4.50. The lowest BCUT2D eigenvalue weighted by Crippen LogP contribution is -2.40. The van der Waals surface area contributed by atoms with Crippen LogP contribution in [0, 0.1) is 5.92 Å². The first-order valence-corrected chi connectivity index (χ1v) is 10.9. The molecule has 1 saturated heterocycles. The quantitative estimate of drug-likeness (QED) is 0.648. The molecular formula is C21H29N7O3. The molecule has 1 saturated carbocycles. The lowest BCUT2D eigenvalue weighted by Gasteiger charge is -2.33. The minimum Gasteiger partial charge on any atom is -0.488 e. The molecule has 3 N–H and O–H groups in total. The number of nitrogens with one attached hydrogen (secondary N) is 1. The minimum atomic E-state index is -0.166. The maximum Gasteiger partial charge on any atom is 0.319 e. The van der Waals surface area contributed by atoms with E-state index in [0.717, 1.165) is 51.0 Å². The molecule has 2 aliphatic rings. The van der Waals surface area contributed by atoms with Gasteiger partial charge in [0, 0.05) is 25.2 Å². The number of ether oxygens (including phenoxy) is 2. The fraction of sp³-hybridized carbons (Fsp3) is 0.571. The van der Waals surface area contributed by atoms with Crippen LogP contribution in [0.5, 0.6) is 11.8 Å². The molecule has 10 heteroatoms. The van der Waals surface area contributed by atoms with Gasteiger partial charge in [0.1, 0.15) is 17.8 Å². The number of anilines is 2. The highest BCUT2D eigenvalue weighted by molar-refractivity contribution is 5.93. The molecule has 31 heavy (non-hydrogen) atoms. The van der Waals surface area contributed by atoms with E-state index in [9.17, 15) is 4.79 Å². The van der Waals surface area contributed by atoms with Gasteiger partial charge in [0.05, 0.1) is 19.4 Å². The van der Waals surface area contributed by atoms with E-state index in [1.54, 1.807) is 12.3 Å². The molecule has 2 aromatic rings. The van der Waals surface area contributed by atoms with Gasteiger partial charge in [0.2, 0.25) is 0 Å². The summed E-state index contributed by atoms with van der Waals surface area (Å²) >= 11 is 0. The Hall–Kier alpha value is -3.17. The van der Waals surface area contributed by atoms with Gasteiger partial charge in [0.25, 0.3) is 5.91 Å². The Morgan fingerprint density at radius 3 is 2.71 bits per heavy atom. The molecule has 1 aliphatic heterocycles. The van der Waals surface area contributed by atoms with Gasteiger partial charge in [-0.3, -0.25) is 4.79 Å². The summed E-state index contributed by atoms with van der Waals surface area (Å²) < 4.78 is 11.3. The van der Waals surface area contributed by atoms with Crippen molar-refractivity contribution in [2.24, 2.45) is 5.92 Å². The van der Waals surface area contributed by atoms with E-state index in [1.807, 2.05) is 6.92 Å². The highest BCUT2D eigenvalue weighted by atomic mass is 16.5. The third-order valence-electron chi connectivity index (χ3n) is 5.76. The smallest absolute Gasteiger partial charge is 0.319 e. The Labute approximate surface area is 181 Å². The summed E-state index contributed by atoms with van der Waals surface area (Å²) in [6, 6.07) is 2.25. The van der Waals surface area contributed by atoms with Gasteiger partial charge in [-0.05, 0) is 44.9 Å². The number of aromatic nitrogens is 4. The van der Waals surface area contributed by atoms with Crippen LogP contribution >= 0.6 is 0 Å². The summed E-state index contributed by atoms with van der Waals surface area (Å²) in [6.07, 6.45) is 8.07. The van der Waals surface area contributed by atoms with E-state index in [-0.39, 0.29) is 18.0 Å². The van der Waals surface area contributed by atoms with E-state index in [4.69, 9.17) is 15.2 Å². The van der Waals surface area contributed by atoms with Crippen LogP contribution in [0.3, 0.4) is 0 Å². The minimum absolute atomic E-state index is 0.166. The van der Waals surface area contributed by atoms with Crippen molar-refractivity contribution in [3.63, 3.8) is 0 Å². The Morgan fingerprint density at radius 2 is 2.03 bits per heavy atom. The zero-order valence-corrected chi connectivity index (χ0v) is 17.8. The predicted octanol–water partition coefficient (Wildman–Crippen LogP) is 1.83. The Morgan fingerprint density at radius 1 is 1.23 bits per heavy atom. The van der Waals surface area contributed by atoms with E-state index >= 15 is 0 Å². The van der Waals surface area contributed by atoms with E-state index in [2.05, 4.69) is 30.2 Å². The van der Waals surface area contributed by atoms with Crippen LogP contribution in [0.2, 0.25) is 0 Å². The zero-order valence-electron chi connectivity index (χ0n) is 17.8. The third-order valence-corrected chi connectivity index (χ3v) is 5.76. The number of nitrogen functional groups attached to an aromatic ring is 1. The van der Waals surface area contributed by atoms with Crippen LogP contribution in [0.4, 0.5) is 11.6 Å². The summed E-state index contributed by atoms with van der Waals surface area (Å²) in [5.41, 5.74) is 6.16. The second-order valence-corrected chi connectivity index (χ2v) is 7.94. The molecule has 0 radical (unpaired) electrons. The summed E-state index contributed by atoms with van der Waals surface area (Å²) in [5.74, 6) is 1.82. The van der Waals surface area contributed by atoms with Crippen LogP contribution in [0.15, 0.2) is 18.6 Å². The molecular weight excluding hydrogens is 398 g/mol.